The highest BCUT2D eigenvalue weighted by atomic mass is 16.7. The Kier molecular flexibility index (Phi) is 12.6. The number of ether oxygens (including phenoxy) is 4. The minimum absolute atomic E-state index is 0.0786. The quantitative estimate of drug-likeness (QED) is 0.321. The topological polar surface area (TPSA) is 121 Å². The van der Waals surface area contributed by atoms with Crippen molar-refractivity contribution in [2.45, 2.75) is 96.7 Å². The number of ketones is 1. The first-order valence-corrected chi connectivity index (χ1v) is 16.4. The number of carbonyl (C=O) groups is 3. The Morgan fingerprint density at radius 2 is 1.69 bits per heavy atom. The second kappa shape index (κ2) is 15.0. The van der Waals surface area contributed by atoms with E-state index in [1.807, 2.05) is 63.8 Å². The standard InChI is InChI=1S/C33H60N4O8/c1-20-14-33(6,42-12)29(45-30-27(39)24(35(9)10)13-21(2)44-30)22(3)28(40)32(4,5)31(41)43-19-25(36(11)15-20)23-16-37(17-23)26(38)18-34(7)8/h20-25,27,29-30,39H,13-19H2,1-12H3/t20-,21-,22+,24+,25+,27-,29-,30+,33-/m1/s1. The number of hydrogen-bond donors (Lipinski definition) is 1. The molecule has 1 amide bonds. The third-order valence-corrected chi connectivity index (χ3v) is 10.2. The van der Waals surface area contributed by atoms with Crippen LogP contribution in [0.15, 0.2) is 0 Å². The molecule has 0 aromatic rings. The lowest BCUT2D eigenvalue weighted by Crippen LogP contribution is -2.60. The molecule has 3 rings (SSSR count). The molecule has 1 N–H and O–H groups in total. The van der Waals surface area contributed by atoms with Crippen LogP contribution in [0, 0.1) is 23.2 Å². The van der Waals surface area contributed by atoms with Crippen LogP contribution in [0.25, 0.3) is 0 Å². The first-order valence-electron chi connectivity index (χ1n) is 16.4. The van der Waals surface area contributed by atoms with Gasteiger partial charge in [0.2, 0.25) is 5.91 Å². The van der Waals surface area contributed by atoms with E-state index in [2.05, 4.69) is 11.8 Å². The van der Waals surface area contributed by atoms with E-state index in [4.69, 9.17) is 18.9 Å². The van der Waals surface area contributed by atoms with Crippen LogP contribution in [0.2, 0.25) is 0 Å². The number of rotatable bonds is 7. The fourth-order valence-corrected chi connectivity index (χ4v) is 7.39. The van der Waals surface area contributed by atoms with Crippen LogP contribution in [0.5, 0.6) is 0 Å². The van der Waals surface area contributed by atoms with Crippen LogP contribution in [0.3, 0.4) is 0 Å². The van der Waals surface area contributed by atoms with Gasteiger partial charge >= 0.3 is 5.97 Å². The van der Waals surface area contributed by atoms with Gasteiger partial charge in [-0.3, -0.25) is 19.3 Å². The largest absolute Gasteiger partial charge is 0.463 e. The number of hydrogen-bond acceptors (Lipinski definition) is 11. The molecule has 0 aromatic carbocycles. The number of methoxy groups -OCH3 is 1. The normalized spacial score (nSPS) is 37.9. The van der Waals surface area contributed by atoms with Gasteiger partial charge in [-0.15, -0.1) is 0 Å². The van der Waals surface area contributed by atoms with E-state index in [0.717, 1.165) is 0 Å². The molecule has 3 aliphatic heterocycles. The molecular formula is C33H60N4O8. The average molecular weight is 641 g/mol. The molecule has 0 aromatic heterocycles. The van der Waals surface area contributed by atoms with Crippen LogP contribution >= 0.6 is 0 Å². The fourth-order valence-electron chi connectivity index (χ4n) is 7.39. The number of esters is 1. The SMILES string of the molecule is CO[C@]1(C)C[C@@H](C)CN(C)[C@H](C2CN(C(=O)CN(C)C)C2)COC(=O)C(C)(C)C(=O)[C@H](C)[C@H]1O[C@@H]1O[C@H](C)C[C@H](N(C)C)[C@H]1O. The van der Waals surface area contributed by atoms with Crippen molar-refractivity contribution in [1.82, 2.24) is 19.6 Å². The summed E-state index contributed by atoms with van der Waals surface area (Å²) in [6.07, 6.45) is -1.75. The summed E-state index contributed by atoms with van der Waals surface area (Å²) in [6.45, 7) is 13.3. The molecule has 9 atom stereocenters. The zero-order valence-corrected chi connectivity index (χ0v) is 29.7. The molecule has 45 heavy (non-hydrogen) atoms. The number of carbonyl (C=O) groups excluding carboxylic acids is 3. The lowest BCUT2D eigenvalue weighted by atomic mass is 9.74. The second-order valence-corrected chi connectivity index (χ2v) is 15.1. The number of likely N-dealkylation sites (N-methyl/N-ethyl adjacent to an activating group) is 3. The first-order chi connectivity index (χ1) is 20.8. The number of aliphatic hydroxyl groups is 1. The number of nitrogens with zero attached hydrogens (tertiary/aromatic N) is 4. The third-order valence-electron chi connectivity index (χ3n) is 10.2. The first kappa shape index (κ1) is 37.8. The Balaban J connectivity index is 1.92. The summed E-state index contributed by atoms with van der Waals surface area (Å²) in [5, 5.41) is 11.3. The molecule has 0 radical (unpaired) electrons. The molecule has 3 aliphatic rings. The molecule has 3 saturated heterocycles. The van der Waals surface area contributed by atoms with Crippen molar-refractivity contribution < 1.29 is 38.4 Å². The maximum atomic E-state index is 14.2. The summed E-state index contributed by atoms with van der Waals surface area (Å²) >= 11 is 0. The number of likely N-dealkylation sites (tertiary alicyclic amines) is 1. The highest BCUT2D eigenvalue weighted by molar-refractivity contribution is 6.04. The van der Waals surface area contributed by atoms with Crippen molar-refractivity contribution in [2.24, 2.45) is 23.2 Å². The van der Waals surface area contributed by atoms with Gasteiger partial charge in [-0.2, -0.15) is 0 Å². The lowest BCUT2D eigenvalue weighted by Gasteiger charge is -2.47. The van der Waals surface area contributed by atoms with Crippen molar-refractivity contribution in [3.8, 4) is 0 Å². The monoisotopic (exact) mass is 640 g/mol. The van der Waals surface area contributed by atoms with Crippen molar-refractivity contribution in [1.29, 1.82) is 0 Å². The zero-order valence-electron chi connectivity index (χ0n) is 29.7. The summed E-state index contributed by atoms with van der Waals surface area (Å²) in [5.74, 6) is -1.41. The van der Waals surface area contributed by atoms with E-state index >= 15 is 0 Å². The number of Topliss-reactive ketones (excluding diaryl/α,β-unsaturated/α-hetero) is 1. The molecule has 260 valence electrons. The summed E-state index contributed by atoms with van der Waals surface area (Å²) < 4.78 is 24.8. The number of cyclic esters (lactones) is 1. The predicted molar refractivity (Wildman–Crippen MR) is 170 cm³/mol. The lowest BCUT2D eigenvalue weighted by molar-refractivity contribution is -0.295. The van der Waals surface area contributed by atoms with E-state index in [9.17, 15) is 19.5 Å². The molecule has 12 nitrogen and oxygen atoms in total. The van der Waals surface area contributed by atoms with Gasteiger partial charge in [-0.25, -0.2) is 0 Å². The van der Waals surface area contributed by atoms with Crippen molar-refractivity contribution in [2.75, 3.05) is 75.1 Å². The summed E-state index contributed by atoms with van der Waals surface area (Å²) in [6, 6.07) is -0.315. The van der Waals surface area contributed by atoms with Gasteiger partial charge in [0.25, 0.3) is 0 Å². The van der Waals surface area contributed by atoms with Gasteiger partial charge in [0.15, 0.2) is 12.1 Å². The maximum Gasteiger partial charge on any atom is 0.319 e. The number of amides is 1. The van der Waals surface area contributed by atoms with Gasteiger partial charge in [0, 0.05) is 50.7 Å². The Morgan fingerprint density at radius 3 is 2.24 bits per heavy atom. The smallest absolute Gasteiger partial charge is 0.319 e. The van der Waals surface area contributed by atoms with E-state index in [1.165, 1.54) is 0 Å². The molecule has 0 aliphatic carbocycles. The maximum absolute atomic E-state index is 14.2. The van der Waals surface area contributed by atoms with Gasteiger partial charge < -0.3 is 38.8 Å². The van der Waals surface area contributed by atoms with Crippen LogP contribution in [-0.2, 0) is 33.3 Å². The predicted octanol–water partition coefficient (Wildman–Crippen LogP) is 1.34. The minimum Gasteiger partial charge on any atom is -0.463 e. The molecule has 0 unspecified atom stereocenters. The molecule has 0 spiro atoms. The molecular weight excluding hydrogens is 580 g/mol. The molecule has 3 fully saturated rings. The van der Waals surface area contributed by atoms with Crippen LogP contribution in [0.4, 0.5) is 0 Å². The molecule has 0 saturated carbocycles. The second-order valence-electron chi connectivity index (χ2n) is 15.1. The Hall–Kier alpha value is -1.67. The molecule has 12 heteroatoms. The highest BCUT2D eigenvalue weighted by Crippen LogP contribution is 2.38. The number of aliphatic hydroxyl groups excluding tert-OH is 1. The summed E-state index contributed by atoms with van der Waals surface area (Å²) in [5.41, 5.74) is -2.42. The van der Waals surface area contributed by atoms with Gasteiger partial charge in [-0.1, -0.05) is 13.8 Å². The summed E-state index contributed by atoms with van der Waals surface area (Å²) in [7, 11) is 11.2. The third kappa shape index (κ3) is 8.63. The van der Waals surface area contributed by atoms with Crippen molar-refractivity contribution >= 4 is 17.7 Å². The Labute approximate surface area is 270 Å². The van der Waals surface area contributed by atoms with E-state index in [0.29, 0.717) is 39.0 Å². The van der Waals surface area contributed by atoms with E-state index in [1.54, 1.807) is 27.9 Å². The molecule has 3 heterocycles. The van der Waals surface area contributed by atoms with E-state index in [-0.39, 0.29) is 48.3 Å². The minimum atomic E-state index is -1.46. The van der Waals surface area contributed by atoms with Crippen LogP contribution in [0.1, 0.15) is 54.4 Å². The summed E-state index contributed by atoms with van der Waals surface area (Å²) in [4.78, 5) is 48.3. The zero-order chi connectivity index (χ0) is 34.0. The fraction of sp³-hybridized carbons (Fsp3) is 0.909. The Bertz CT molecular complexity index is 1030. The van der Waals surface area contributed by atoms with E-state index < -0.39 is 41.4 Å². The highest BCUT2D eigenvalue weighted by Gasteiger charge is 2.52. The van der Waals surface area contributed by atoms with Gasteiger partial charge in [-0.05, 0) is 81.7 Å². The van der Waals surface area contributed by atoms with Crippen LogP contribution < -0.4 is 0 Å². The average Bonchev–Trinajstić information content (AvgIpc) is 2.91. The van der Waals surface area contributed by atoms with Crippen molar-refractivity contribution in [3.63, 3.8) is 0 Å². The van der Waals surface area contributed by atoms with Crippen molar-refractivity contribution in [3.05, 3.63) is 0 Å². The Morgan fingerprint density at radius 1 is 1.07 bits per heavy atom. The van der Waals surface area contributed by atoms with Crippen LogP contribution in [-0.4, -0.2) is 160 Å². The molecule has 0 bridgehead atoms. The van der Waals surface area contributed by atoms with Gasteiger partial charge in [0.05, 0.1) is 24.4 Å². The van der Waals surface area contributed by atoms with Gasteiger partial charge in [0.1, 0.15) is 18.1 Å².